The Bertz CT molecular complexity index is 260. The lowest BCUT2D eigenvalue weighted by Crippen LogP contribution is -2.21. The van der Waals surface area contributed by atoms with Crippen molar-refractivity contribution in [3.63, 3.8) is 0 Å². The number of hydrogen-bond donors (Lipinski definition) is 1. The highest BCUT2D eigenvalue weighted by molar-refractivity contribution is 7.11. The molecular weight excluding hydrogens is 194 g/mol. The van der Waals surface area contributed by atoms with Gasteiger partial charge in [-0.3, -0.25) is 0 Å². The Morgan fingerprint density at radius 3 is 2.57 bits per heavy atom. The predicted molar refractivity (Wildman–Crippen MR) is 60.6 cm³/mol. The number of rotatable bonds is 6. The smallest absolute Gasteiger partial charge is 0.134 e. The van der Waals surface area contributed by atoms with E-state index in [-0.39, 0.29) is 0 Å². The van der Waals surface area contributed by atoms with Gasteiger partial charge in [-0.2, -0.15) is 0 Å². The minimum Gasteiger partial charge on any atom is -0.308 e. The van der Waals surface area contributed by atoms with E-state index < -0.39 is 0 Å². The third-order valence-electron chi connectivity index (χ3n) is 2.13. The number of nitrogens with zero attached hydrogens (tertiary/aromatic N) is 2. The molecule has 1 atom stereocenters. The molecule has 0 fully saturated rings. The molecule has 0 aliphatic heterocycles. The van der Waals surface area contributed by atoms with Crippen LogP contribution in [-0.4, -0.2) is 16.7 Å². The summed E-state index contributed by atoms with van der Waals surface area (Å²) in [6, 6.07) is 0.396. The summed E-state index contributed by atoms with van der Waals surface area (Å²) < 4.78 is 0. The molecule has 1 unspecified atom stereocenters. The van der Waals surface area contributed by atoms with Crippen molar-refractivity contribution in [1.82, 2.24) is 15.5 Å². The van der Waals surface area contributed by atoms with Crippen molar-refractivity contribution in [2.75, 3.05) is 6.54 Å². The van der Waals surface area contributed by atoms with E-state index in [1.54, 1.807) is 11.3 Å². The first-order valence-corrected chi connectivity index (χ1v) is 6.19. The topological polar surface area (TPSA) is 37.8 Å². The van der Waals surface area contributed by atoms with Gasteiger partial charge in [0.25, 0.3) is 0 Å². The quantitative estimate of drug-likeness (QED) is 0.789. The molecule has 1 N–H and O–H groups in total. The molecule has 0 aliphatic rings. The van der Waals surface area contributed by atoms with Crippen LogP contribution in [0, 0.1) is 0 Å². The lowest BCUT2D eigenvalue weighted by molar-refractivity contribution is 0.513. The average molecular weight is 213 g/mol. The van der Waals surface area contributed by atoms with E-state index in [0.29, 0.717) is 6.04 Å². The molecule has 14 heavy (non-hydrogen) atoms. The standard InChI is InChI=1S/C10H19N3S/c1-4-7-11-8(5-2)10-13-12-9(6-3)14-10/h8,11H,4-7H2,1-3H3. The van der Waals surface area contributed by atoms with Gasteiger partial charge in [0.05, 0.1) is 6.04 Å². The van der Waals surface area contributed by atoms with Crippen LogP contribution < -0.4 is 5.32 Å². The second-order valence-corrected chi connectivity index (χ2v) is 4.40. The first-order valence-electron chi connectivity index (χ1n) is 5.37. The number of aromatic nitrogens is 2. The number of nitrogens with one attached hydrogen (secondary N) is 1. The maximum Gasteiger partial charge on any atom is 0.134 e. The summed E-state index contributed by atoms with van der Waals surface area (Å²) in [6.45, 7) is 7.53. The first-order chi connectivity index (χ1) is 6.81. The summed E-state index contributed by atoms with van der Waals surface area (Å²) in [5, 5.41) is 14.1. The summed E-state index contributed by atoms with van der Waals surface area (Å²) in [4.78, 5) is 0. The second-order valence-electron chi connectivity index (χ2n) is 3.30. The molecule has 0 spiro atoms. The number of aryl methyl sites for hydroxylation is 1. The van der Waals surface area contributed by atoms with E-state index in [1.165, 1.54) is 0 Å². The Labute approximate surface area is 89.9 Å². The van der Waals surface area contributed by atoms with E-state index >= 15 is 0 Å². The third-order valence-corrected chi connectivity index (χ3v) is 3.31. The zero-order valence-electron chi connectivity index (χ0n) is 9.21. The van der Waals surface area contributed by atoms with Crippen LogP contribution in [0.5, 0.6) is 0 Å². The summed E-state index contributed by atoms with van der Waals surface area (Å²) in [7, 11) is 0. The zero-order chi connectivity index (χ0) is 10.4. The monoisotopic (exact) mass is 213 g/mol. The maximum atomic E-state index is 4.22. The fourth-order valence-corrected chi connectivity index (χ4v) is 2.22. The van der Waals surface area contributed by atoms with E-state index in [2.05, 4.69) is 36.3 Å². The largest absolute Gasteiger partial charge is 0.308 e. The highest BCUT2D eigenvalue weighted by atomic mass is 32.1. The van der Waals surface area contributed by atoms with Gasteiger partial charge in [0.15, 0.2) is 0 Å². The van der Waals surface area contributed by atoms with Crippen molar-refractivity contribution in [2.24, 2.45) is 0 Å². The van der Waals surface area contributed by atoms with Crippen LogP contribution in [0.15, 0.2) is 0 Å². The lowest BCUT2D eigenvalue weighted by atomic mass is 10.2. The van der Waals surface area contributed by atoms with Gasteiger partial charge in [-0.25, -0.2) is 0 Å². The van der Waals surface area contributed by atoms with E-state index in [0.717, 1.165) is 35.8 Å². The molecule has 1 rings (SSSR count). The molecule has 0 bridgehead atoms. The highest BCUT2D eigenvalue weighted by Gasteiger charge is 2.13. The van der Waals surface area contributed by atoms with Crippen LogP contribution in [0.1, 0.15) is 49.7 Å². The molecule has 1 heterocycles. The molecule has 3 nitrogen and oxygen atoms in total. The molecule has 4 heteroatoms. The van der Waals surface area contributed by atoms with Crippen LogP contribution >= 0.6 is 11.3 Å². The average Bonchev–Trinajstić information content (AvgIpc) is 2.68. The Balaban J connectivity index is 2.58. The zero-order valence-corrected chi connectivity index (χ0v) is 10.0. The summed E-state index contributed by atoms with van der Waals surface area (Å²) in [5.74, 6) is 0. The van der Waals surface area contributed by atoms with Crippen molar-refractivity contribution < 1.29 is 0 Å². The van der Waals surface area contributed by atoms with Gasteiger partial charge < -0.3 is 5.32 Å². The van der Waals surface area contributed by atoms with Crippen molar-refractivity contribution in [2.45, 2.75) is 46.1 Å². The summed E-state index contributed by atoms with van der Waals surface area (Å²) in [6.07, 6.45) is 3.23. The maximum absolute atomic E-state index is 4.22. The molecule has 0 amide bonds. The normalized spacial score (nSPS) is 13.1. The molecule has 0 saturated heterocycles. The van der Waals surface area contributed by atoms with Crippen LogP contribution in [-0.2, 0) is 6.42 Å². The van der Waals surface area contributed by atoms with Gasteiger partial charge in [0.2, 0.25) is 0 Å². The molecule has 0 saturated carbocycles. The predicted octanol–water partition coefficient (Wildman–Crippen LogP) is 2.55. The van der Waals surface area contributed by atoms with Crippen molar-refractivity contribution >= 4 is 11.3 Å². The molecule has 80 valence electrons. The second kappa shape index (κ2) is 6.09. The Morgan fingerprint density at radius 1 is 1.29 bits per heavy atom. The Morgan fingerprint density at radius 2 is 2.07 bits per heavy atom. The minimum absolute atomic E-state index is 0.396. The minimum atomic E-state index is 0.396. The Hall–Kier alpha value is -0.480. The molecule has 0 radical (unpaired) electrons. The molecule has 1 aromatic heterocycles. The van der Waals surface area contributed by atoms with E-state index in [4.69, 9.17) is 0 Å². The summed E-state index contributed by atoms with van der Waals surface area (Å²) >= 11 is 1.73. The van der Waals surface area contributed by atoms with Crippen LogP contribution in [0.4, 0.5) is 0 Å². The first kappa shape index (κ1) is 11.6. The molecule has 0 aromatic carbocycles. The van der Waals surface area contributed by atoms with Gasteiger partial charge in [0, 0.05) is 0 Å². The van der Waals surface area contributed by atoms with Gasteiger partial charge in [-0.1, -0.05) is 32.1 Å². The van der Waals surface area contributed by atoms with Crippen molar-refractivity contribution in [1.29, 1.82) is 0 Å². The van der Waals surface area contributed by atoms with Gasteiger partial charge in [0.1, 0.15) is 10.0 Å². The fraction of sp³-hybridized carbons (Fsp3) is 0.800. The summed E-state index contributed by atoms with van der Waals surface area (Å²) in [5.41, 5.74) is 0. The van der Waals surface area contributed by atoms with Gasteiger partial charge in [-0.05, 0) is 25.8 Å². The van der Waals surface area contributed by atoms with Crippen LogP contribution in [0.25, 0.3) is 0 Å². The number of hydrogen-bond acceptors (Lipinski definition) is 4. The van der Waals surface area contributed by atoms with E-state index in [9.17, 15) is 0 Å². The Kier molecular flexibility index (Phi) is 5.04. The fourth-order valence-electron chi connectivity index (χ4n) is 1.28. The highest BCUT2D eigenvalue weighted by Crippen LogP contribution is 2.20. The molecular formula is C10H19N3S. The van der Waals surface area contributed by atoms with Crippen LogP contribution in [0.3, 0.4) is 0 Å². The van der Waals surface area contributed by atoms with Crippen molar-refractivity contribution in [3.8, 4) is 0 Å². The molecule has 1 aromatic rings. The molecule has 0 aliphatic carbocycles. The van der Waals surface area contributed by atoms with Gasteiger partial charge >= 0.3 is 0 Å². The van der Waals surface area contributed by atoms with Crippen LogP contribution in [0.2, 0.25) is 0 Å². The third kappa shape index (κ3) is 3.03. The van der Waals surface area contributed by atoms with Gasteiger partial charge in [-0.15, -0.1) is 10.2 Å². The van der Waals surface area contributed by atoms with Crippen molar-refractivity contribution in [3.05, 3.63) is 10.0 Å². The SMILES string of the molecule is CCCNC(CC)c1nnc(CC)s1. The van der Waals surface area contributed by atoms with E-state index in [1.807, 2.05) is 0 Å². The lowest BCUT2D eigenvalue weighted by Gasteiger charge is -2.12.